The molecule has 3 rings (SSSR count). The Morgan fingerprint density at radius 3 is 2.86 bits per heavy atom. The second kappa shape index (κ2) is 6.76. The third kappa shape index (κ3) is 3.55. The van der Waals surface area contributed by atoms with E-state index >= 15 is 0 Å². The predicted octanol–water partition coefficient (Wildman–Crippen LogP) is 2.11. The van der Waals surface area contributed by atoms with Crippen LogP contribution in [0.2, 0.25) is 5.15 Å². The molecule has 3 heterocycles. The second-order valence-electron chi connectivity index (χ2n) is 4.69. The summed E-state index contributed by atoms with van der Waals surface area (Å²) in [4.78, 5) is 14.9. The lowest BCUT2D eigenvalue weighted by Crippen LogP contribution is -2.37. The van der Waals surface area contributed by atoms with E-state index in [2.05, 4.69) is 20.3 Å². The molecule has 0 atom stereocenters. The summed E-state index contributed by atoms with van der Waals surface area (Å²) in [6, 6.07) is 5.29. The van der Waals surface area contributed by atoms with Crippen LogP contribution in [0.25, 0.3) is 0 Å². The van der Waals surface area contributed by atoms with E-state index in [1.807, 2.05) is 11.0 Å². The minimum Gasteiger partial charge on any atom is -0.481 e. The number of hydrogen-bond acceptors (Lipinski definition) is 7. The maximum Gasteiger partial charge on any atom is 0.228 e. The van der Waals surface area contributed by atoms with Crippen LogP contribution in [0.5, 0.6) is 5.88 Å². The molecule has 1 aliphatic heterocycles. The topological polar surface area (TPSA) is 72.4 Å². The standard InChI is InChI=1S/C14H16ClN5O2/c1-21-13-8-10(2-3-16-13)17-12-9-11(15)18-14(19-12)20-4-6-22-7-5-20/h2-3,8-9H,4-7H2,1H3,(H,16,17,18,19). The number of anilines is 3. The molecule has 116 valence electrons. The first-order chi connectivity index (χ1) is 10.7. The van der Waals surface area contributed by atoms with E-state index in [1.54, 1.807) is 25.4 Å². The minimum absolute atomic E-state index is 0.389. The Morgan fingerprint density at radius 1 is 1.27 bits per heavy atom. The summed E-state index contributed by atoms with van der Waals surface area (Å²) in [6.45, 7) is 2.84. The first-order valence-corrected chi connectivity index (χ1v) is 7.27. The summed E-state index contributed by atoms with van der Waals surface area (Å²) >= 11 is 6.11. The molecule has 0 unspecified atom stereocenters. The van der Waals surface area contributed by atoms with Crippen molar-refractivity contribution in [2.24, 2.45) is 0 Å². The van der Waals surface area contributed by atoms with Gasteiger partial charge in [0, 0.05) is 37.1 Å². The highest BCUT2D eigenvalue weighted by Gasteiger charge is 2.15. The second-order valence-corrected chi connectivity index (χ2v) is 5.07. The van der Waals surface area contributed by atoms with Gasteiger partial charge in [-0.2, -0.15) is 4.98 Å². The van der Waals surface area contributed by atoms with Crippen LogP contribution in [0.1, 0.15) is 0 Å². The third-order valence-electron chi connectivity index (χ3n) is 3.19. The normalized spacial score (nSPS) is 14.7. The van der Waals surface area contributed by atoms with Gasteiger partial charge in [0.2, 0.25) is 11.8 Å². The Bertz CT molecular complexity index is 649. The monoisotopic (exact) mass is 321 g/mol. The van der Waals surface area contributed by atoms with E-state index in [0.717, 1.165) is 18.8 Å². The summed E-state index contributed by atoms with van der Waals surface area (Å²) in [5.74, 6) is 1.74. The van der Waals surface area contributed by atoms with Gasteiger partial charge in [0.05, 0.1) is 20.3 Å². The molecule has 7 nitrogen and oxygen atoms in total. The molecule has 22 heavy (non-hydrogen) atoms. The number of nitrogens with zero attached hydrogens (tertiary/aromatic N) is 4. The lowest BCUT2D eigenvalue weighted by molar-refractivity contribution is 0.122. The first-order valence-electron chi connectivity index (χ1n) is 6.89. The van der Waals surface area contributed by atoms with Gasteiger partial charge in [0.15, 0.2) is 0 Å². The summed E-state index contributed by atoms with van der Waals surface area (Å²) in [5.41, 5.74) is 0.814. The van der Waals surface area contributed by atoms with Crippen molar-refractivity contribution < 1.29 is 9.47 Å². The fourth-order valence-electron chi connectivity index (χ4n) is 2.12. The van der Waals surface area contributed by atoms with Crippen LogP contribution in [0.3, 0.4) is 0 Å². The molecular formula is C14H16ClN5O2. The lowest BCUT2D eigenvalue weighted by atomic mass is 10.4. The molecule has 0 radical (unpaired) electrons. The summed E-state index contributed by atoms with van der Waals surface area (Å²) < 4.78 is 10.4. The van der Waals surface area contributed by atoms with Gasteiger partial charge in [0.25, 0.3) is 0 Å². The highest BCUT2D eigenvalue weighted by molar-refractivity contribution is 6.29. The SMILES string of the molecule is COc1cc(Nc2cc(Cl)nc(N3CCOCC3)n2)ccn1. The van der Waals surface area contributed by atoms with Crippen molar-refractivity contribution in [3.8, 4) is 5.88 Å². The number of hydrogen-bond donors (Lipinski definition) is 1. The summed E-state index contributed by atoms with van der Waals surface area (Å²) in [7, 11) is 1.57. The van der Waals surface area contributed by atoms with E-state index in [9.17, 15) is 0 Å². The molecule has 8 heteroatoms. The zero-order valence-electron chi connectivity index (χ0n) is 12.1. The molecular weight excluding hydrogens is 306 g/mol. The smallest absolute Gasteiger partial charge is 0.228 e. The first kappa shape index (κ1) is 14.8. The molecule has 0 amide bonds. The average Bonchev–Trinajstić information content (AvgIpc) is 2.55. The van der Waals surface area contributed by atoms with Crippen molar-refractivity contribution in [2.45, 2.75) is 0 Å². The van der Waals surface area contributed by atoms with Gasteiger partial charge in [-0.1, -0.05) is 11.6 Å². The van der Waals surface area contributed by atoms with Crippen LogP contribution in [-0.2, 0) is 4.74 Å². The number of methoxy groups -OCH3 is 1. The van der Waals surface area contributed by atoms with Crippen molar-refractivity contribution in [3.05, 3.63) is 29.5 Å². The molecule has 0 bridgehead atoms. The molecule has 0 aliphatic carbocycles. The highest BCUT2D eigenvalue weighted by Crippen LogP contribution is 2.22. The summed E-state index contributed by atoms with van der Waals surface area (Å²) in [5, 5.41) is 3.57. The zero-order chi connectivity index (χ0) is 15.4. The van der Waals surface area contributed by atoms with Crippen LogP contribution < -0.4 is 15.0 Å². The largest absolute Gasteiger partial charge is 0.481 e. The fraction of sp³-hybridized carbons (Fsp3) is 0.357. The number of aromatic nitrogens is 3. The Morgan fingerprint density at radius 2 is 2.09 bits per heavy atom. The average molecular weight is 322 g/mol. The predicted molar refractivity (Wildman–Crippen MR) is 84.1 cm³/mol. The molecule has 0 aromatic carbocycles. The molecule has 0 spiro atoms. The zero-order valence-corrected chi connectivity index (χ0v) is 12.9. The third-order valence-corrected chi connectivity index (χ3v) is 3.39. The molecule has 2 aromatic rings. The van der Waals surface area contributed by atoms with Crippen LogP contribution in [0, 0.1) is 0 Å². The minimum atomic E-state index is 0.389. The molecule has 1 N–H and O–H groups in total. The van der Waals surface area contributed by atoms with Gasteiger partial charge in [-0.3, -0.25) is 0 Å². The maximum atomic E-state index is 6.11. The highest BCUT2D eigenvalue weighted by atomic mass is 35.5. The van der Waals surface area contributed by atoms with Crippen LogP contribution in [0.15, 0.2) is 24.4 Å². The lowest BCUT2D eigenvalue weighted by Gasteiger charge is -2.27. The molecule has 1 saturated heterocycles. The Balaban J connectivity index is 1.82. The number of morpholine rings is 1. The van der Waals surface area contributed by atoms with Gasteiger partial charge in [0.1, 0.15) is 11.0 Å². The maximum absolute atomic E-state index is 6.11. The van der Waals surface area contributed by atoms with Gasteiger partial charge in [-0.05, 0) is 6.07 Å². The molecule has 1 aliphatic rings. The van der Waals surface area contributed by atoms with E-state index < -0.39 is 0 Å². The number of nitrogens with one attached hydrogen (secondary N) is 1. The van der Waals surface area contributed by atoms with Crippen molar-refractivity contribution in [3.63, 3.8) is 0 Å². The number of pyridine rings is 1. The quantitative estimate of drug-likeness (QED) is 0.865. The number of rotatable bonds is 4. The van der Waals surface area contributed by atoms with Crippen molar-refractivity contribution in [1.29, 1.82) is 0 Å². The van der Waals surface area contributed by atoms with Crippen molar-refractivity contribution in [1.82, 2.24) is 15.0 Å². The van der Waals surface area contributed by atoms with E-state index in [-0.39, 0.29) is 0 Å². The van der Waals surface area contributed by atoms with Gasteiger partial charge in [-0.25, -0.2) is 9.97 Å². The molecule has 0 saturated carbocycles. The molecule has 2 aromatic heterocycles. The number of ether oxygens (including phenoxy) is 2. The van der Waals surface area contributed by atoms with Crippen molar-refractivity contribution >= 4 is 29.1 Å². The van der Waals surface area contributed by atoms with Gasteiger partial charge < -0.3 is 19.7 Å². The van der Waals surface area contributed by atoms with E-state index in [1.165, 1.54) is 0 Å². The Labute approximate surface area is 133 Å². The van der Waals surface area contributed by atoms with E-state index in [4.69, 9.17) is 21.1 Å². The van der Waals surface area contributed by atoms with Crippen LogP contribution >= 0.6 is 11.6 Å². The van der Waals surface area contributed by atoms with Crippen LogP contribution in [0.4, 0.5) is 17.5 Å². The molecule has 1 fully saturated rings. The summed E-state index contributed by atoms with van der Waals surface area (Å²) in [6.07, 6.45) is 1.66. The Kier molecular flexibility index (Phi) is 4.55. The van der Waals surface area contributed by atoms with Gasteiger partial charge in [-0.15, -0.1) is 0 Å². The number of halogens is 1. The van der Waals surface area contributed by atoms with E-state index in [0.29, 0.717) is 36.0 Å². The van der Waals surface area contributed by atoms with Crippen molar-refractivity contribution in [2.75, 3.05) is 43.6 Å². The van der Waals surface area contributed by atoms with Gasteiger partial charge >= 0.3 is 0 Å². The fourth-order valence-corrected chi connectivity index (χ4v) is 2.30. The Hall–Kier alpha value is -2.12. The van der Waals surface area contributed by atoms with Crippen LogP contribution in [-0.4, -0.2) is 48.4 Å².